The lowest BCUT2D eigenvalue weighted by atomic mass is 10.2. The van der Waals surface area contributed by atoms with Gasteiger partial charge in [0.05, 0.1) is 9.58 Å². The normalized spacial score (nSPS) is 15.7. The van der Waals surface area contributed by atoms with Crippen LogP contribution in [0.1, 0.15) is 22.5 Å². The molecule has 0 saturated carbocycles. The van der Waals surface area contributed by atoms with Gasteiger partial charge in [0.1, 0.15) is 0 Å². The standard InChI is InChI=1S/C18H20N2OS2/c1-19(10-11-20-8-4-5-9-20)18(21)16-12-15-17(23-16)13-6-2-3-7-14(13)22-15/h2-3,6-7,12H,4-5,8-11H2,1H3. The summed E-state index contributed by atoms with van der Waals surface area (Å²) in [5, 5.41) is 1.27. The highest BCUT2D eigenvalue weighted by molar-refractivity contribution is 7.33. The summed E-state index contributed by atoms with van der Waals surface area (Å²) in [5.74, 6) is 0.154. The fourth-order valence-electron chi connectivity index (χ4n) is 3.19. The van der Waals surface area contributed by atoms with E-state index in [-0.39, 0.29) is 5.91 Å². The molecular formula is C18H20N2OS2. The molecule has 1 amide bonds. The van der Waals surface area contributed by atoms with E-state index in [4.69, 9.17) is 0 Å². The molecule has 3 nitrogen and oxygen atoms in total. The Hall–Kier alpha value is -1.43. The molecule has 0 atom stereocenters. The number of amides is 1. The average molecular weight is 345 g/mol. The van der Waals surface area contributed by atoms with Crippen LogP contribution in [0.3, 0.4) is 0 Å². The van der Waals surface area contributed by atoms with Gasteiger partial charge in [-0.05, 0) is 38.1 Å². The SMILES string of the molecule is CN(CCN1CCCC1)C(=O)c1cc2sc3ccccc3c2s1. The van der Waals surface area contributed by atoms with Gasteiger partial charge in [-0.2, -0.15) is 0 Å². The van der Waals surface area contributed by atoms with Gasteiger partial charge in [-0.1, -0.05) is 18.2 Å². The Balaban J connectivity index is 1.52. The molecule has 0 radical (unpaired) electrons. The summed E-state index contributed by atoms with van der Waals surface area (Å²) in [7, 11) is 1.92. The molecule has 23 heavy (non-hydrogen) atoms. The first-order valence-electron chi connectivity index (χ1n) is 8.11. The molecule has 1 aromatic carbocycles. The number of nitrogens with zero attached hydrogens (tertiary/aromatic N) is 2. The molecule has 5 heteroatoms. The van der Waals surface area contributed by atoms with Crippen LogP contribution in [0.4, 0.5) is 0 Å². The summed E-state index contributed by atoms with van der Waals surface area (Å²) >= 11 is 3.41. The molecular weight excluding hydrogens is 324 g/mol. The van der Waals surface area contributed by atoms with Crippen LogP contribution in [0.5, 0.6) is 0 Å². The Kier molecular flexibility index (Phi) is 4.09. The van der Waals surface area contributed by atoms with E-state index in [0.717, 1.165) is 18.0 Å². The lowest BCUT2D eigenvalue weighted by Gasteiger charge is -2.21. The van der Waals surface area contributed by atoms with Crippen molar-refractivity contribution in [1.82, 2.24) is 9.80 Å². The van der Waals surface area contributed by atoms with Crippen molar-refractivity contribution in [2.45, 2.75) is 12.8 Å². The minimum atomic E-state index is 0.154. The fourth-order valence-corrected chi connectivity index (χ4v) is 5.71. The lowest BCUT2D eigenvalue weighted by molar-refractivity contribution is 0.0787. The van der Waals surface area contributed by atoms with Crippen LogP contribution in [0.25, 0.3) is 19.5 Å². The number of carbonyl (C=O) groups excluding carboxylic acids is 1. The van der Waals surface area contributed by atoms with Crippen molar-refractivity contribution in [3.8, 4) is 0 Å². The van der Waals surface area contributed by atoms with Crippen molar-refractivity contribution in [3.05, 3.63) is 35.2 Å². The monoisotopic (exact) mass is 344 g/mol. The second kappa shape index (κ2) is 6.23. The number of hydrogen-bond acceptors (Lipinski definition) is 4. The molecule has 4 rings (SSSR count). The van der Waals surface area contributed by atoms with Crippen LogP contribution in [-0.4, -0.2) is 48.9 Å². The van der Waals surface area contributed by atoms with E-state index in [1.807, 2.05) is 11.9 Å². The molecule has 0 N–H and O–H groups in total. The number of fused-ring (bicyclic) bond motifs is 3. The Morgan fingerprint density at radius 2 is 1.96 bits per heavy atom. The number of thiophene rings is 2. The fraction of sp³-hybridized carbons (Fsp3) is 0.389. The molecule has 3 aromatic rings. The van der Waals surface area contributed by atoms with Crippen molar-refractivity contribution in [3.63, 3.8) is 0 Å². The minimum Gasteiger partial charge on any atom is -0.340 e. The van der Waals surface area contributed by atoms with E-state index in [1.54, 1.807) is 22.7 Å². The van der Waals surface area contributed by atoms with E-state index in [9.17, 15) is 4.79 Å². The van der Waals surface area contributed by atoms with E-state index >= 15 is 0 Å². The van der Waals surface area contributed by atoms with Crippen molar-refractivity contribution >= 4 is 48.1 Å². The van der Waals surface area contributed by atoms with E-state index in [2.05, 4.69) is 35.2 Å². The molecule has 1 aliphatic rings. The first kappa shape index (κ1) is 15.1. The smallest absolute Gasteiger partial charge is 0.263 e. The second-order valence-corrected chi connectivity index (χ2v) is 8.31. The van der Waals surface area contributed by atoms with Gasteiger partial charge in [0, 0.05) is 34.9 Å². The highest BCUT2D eigenvalue weighted by atomic mass is 32.1. The molecule has 1 saturated heterocycles. The van der Waals surface area contributed by atoms with Gasteiger partial charge in [0.15, 0.2) is 0 Å². The number of likely N-dealkylation sites (N-methyl/N-ethyl adjacent to an activating group) is 1. The number of likely N-dealkylation sites (tertiary alicyclic amines) is 1. The molecule has 120 valence electrons. The molecule has 0 aliphatic carbocycles. The number of benzene rings is 1. The quantitative estimate of drug-likeness (QED) is 0.705. The summed E-state index contributed by atoms with van der Waals surface area (Å²) in [6.45, 7) is 4.17. The van der Waals surface area contributed by atoms with Crippen LogP contribution in [0.15, 0.2) is 30.3 Å². The lowest BCUT2D eigenvalue weighted by Crippen LogP contribution is -2.34. The van der Waals surface area contributed by atoms with Gasteiger partial charge in [0.25, 0.3) is 5.91 Å². The highest BCUT2D eigenvalue weighted by Gasteiger charge is 2.19. The van der Waals surface area contributed by atoms with Crippen molar-refractivity contribution < 1.29 is 4.79 Å². The zero-order chi connectivity index (χ0) is 15.8. The molecule has 0 spiro atoms. The third kappa shape index (κ3) is 2.89. The van der Waals surface area contributed by atoms with E-state index in [1.165, 1.54) is 45.4 Å². The van der Waals surface area contributed by atoms with Gasteiger partial charge >= 0.3 is 0 Å². The second-order valence-electron chi connectivity index (χ2n) is 6.18. The Morgan fingerprint density at radius 3 is 2.78 bits per heavy atom. The van der Waals surface area contributed by atoms with Crippen molar-refractivity contribution in [2.75, 3.05) is 33.2 Å². The van der Waals surface area contributed by atoms with E-state index < -0.39 is 0 Å². The first-order chi connectivity index (χ1) is 11.2. The predicted octanol–water partition coefficient (Wildman–Crippen LogP) is 4.28. The maximum Gasteiger partial charge on any atom is 0.263 e. The van der Waals surface area contributed by atoms with Gasteiger partial charge in [-0.15, -0.1) is 22.7 Å². The summed E-state index contributed by atoms with van der Waals surface area (Å²) < 4.78 is 3.78. The van der Waals surface area contributed by atoms with Crippen LogP contribution < -0.4 is 0 Å². The van der Waals surface area contributed by atoms with E-state index in [0.29, 0.717) is 0 Å². The summed E-state index contributed by atoms with van der Waals surface area (Å²) in [6, 6.07) is 10.5. The zero-order valence-corrected chi connectivity index (χ0v) is 14.9. The molecule has 1 aliphatic heterocycles. The number of carbonyl (C=O) groups is 1. The maximum atomic E-state index is 12.7. The Labute approximate surface area is 144 Å². The molecule has 3 heterocycles. The topological polar surface area (TPSA) is 23.6 Å². The average Bonchev–Trinajstić information content (AvgIpc) is 3.27. The van der Waals surface area contributed by atoms with Crippen LogP contribution in [0.2, 0.25) is 0 Å². The number of hydrogen-bond donors (Lipinski definition) is 0. The third-order valence-electron chi connectivity index (χ3n) is 4.56. The van der Waals surface area contributed by atoms with Crippen LogP contribution in [-0.2, 0) is 0 Å². The van der Waals surface area contributed by atoms with Gasteiger partial charge in [-0.3, -0.25) is 4.79 Å². The first-order valence-corrected chi connectivity index (χ1v) is 9.74. The zero-order valence-electron chi connectivity index (χ0n) is 13.2. The molecule has 2 aromatic heterocycles. The van der Waals surface area contributed by atoms with Gasteiger partial charge in [0.2, 0.25) is 0 Å². The highest BCUT2D eigenvalue weighted by Crippen LogP contribution is 2.39. The minimum absolute atomic E-state index is 0.154. The predicted molar refractivity (Wildman–Crippen MR) is 99.8 cm³/mol. The summed E-state index contributed by atoms with van der Waals surface area (Å²) in [6.07, 6.45) is 2.60. The van der Waals surface area contributed by atoms with Crippen molar-refractivity contribution in [2.24, 2.45) is 0 Å². The Bertz CT molecular complexity index is 845. The summed E-state index contributed by atoms with van der Waals surface area (Å²) in [4.78, 5) is 17.9. The van der Waals surface area contributed by atoms with Crippen LogP contribution >= 0.6 is 22.7 Å². The van der Waals surface area contributed by atoms with Gasteiger partial charge < -0.3 is 9.80 Å². The van der Waals surface area contributed by atoms with Gasteiger partial charge in [-0.25, -0.2) is 0 Å². The molecule has 1 fully saturated rings. The van der Waals surface area contributed by atoms with Crippen LogP contribution in [0, 0.1) is 0 Å². The molecule has 0 bridgehead atoms. The molecule has 0 unspecified atom stereocenters. The number of rotatable bonds is 4. The largest absolute Gasteiger partial charge is 0.340 e. The van der Waals surface area contributed by atoms with Crippen molar-refractivity contribution in [1.29, 1.82) is 0 Å². The summed E-state index contributed by atoms with van der Waals surface area (Å²) in [5.41, 5.74) is 0. The maximum absolute atomic E-state index is 12.7. The Morgan fingerprint density at radius 1 is 1.17 bits per heavy atom. The third-order valence-corrected chi connectivity index (χ3v) is 6.96.